The van der Waals surface area contributed by atoms with E-state index >= 15 is 0 Å². The number of H-pyrrole nitrogens is 1. The lowest BCUT2D eigenvalue weighted by Crippen LogP contribution is -2.33. The van der Waals surface area contributed by atoms with Gasteiger partial charge in [0.25, 0.3) is 0 Å². The maximum atomic E-state index is 4.14. The summed E-state index contributed by atoms with van der Waals surface area (Å²) in [5, 5.41) is 8.39. The summed E-state index contributed by atoms with van der Waals surface area (Å²) >= 11 is 0. The maximum Gasteiger partial charge on any atom is 0.0651 e. The Hall–Kier alpha value is -1.51. The number of fused-ring (bicyclic) bond motifs is 1. The summed E-state index contributed by atoms with van der Waals surface area (Å²) in [6, 6.07) is 6.68. The van der Waals surface area contributed by atoms with Gasteiger partial charge in [-0.25, -0.2) is 0 Å². The van der Waals surface area contributed by atoms with Crippen molar-refractivity contribution in [1.29, 1.82) is 0 Å². The topological polar surface area (TPSA) is 31.9 Å². The lowest BCUT2D eigenvalue weighted by molar-refractivity contribution is 0.434. The van der Waals surface area contributed by atoms with Crippen molar-refractivity contribution in [3.05, 3.63) is 24.4 Å². The molecule has 22 heavy (non-hydrogen) atoms. The summed E-state index contributed by atoms with van der Waals surface area (Å²) in [5.74, 6) is 1.55. The number of aromatic amines is 1. The van der Waals surface area contributed by atoms with Crippen LogP contribution in [0.25, 0.3) is 10.9 Å². The van der Waals surface area contributed by atoms with E-state index in [1.165, 1.54) is 36.8 Å². The second kappa shape index (κ2) is 8.21. The molecule has 0 aliphatic heterocycles. The normalized spacial score (nSPS) is 11.7. The molecule has 0 bridgehead atoms. The van der Waals surface area contributed by atoms with Crippen molar-refractivity contribution in [1.82, 2.24) is 10.2 Å². The Labute approximate surface area is 135 Å². The third-order valence-corrected chi connectivity index (χ3v) is 5.06. The number of aromatic nitrogens is 2. The number of anilines is 1. The molecule has 1 N–H and O–H groups in total. The number of hydrogen-bond donors (Lipinski definition) is 1. The summed E-state index contributed by atoms with van der Waals surface area (Å²) in [6.45, 7) is 11.6. The third kappa shape index (κ3) is 4.02. The van der Waals surface area contributed by atoms with Crippen LogP contribution in [0.2, 0.25) is 0 Å². The Morgan fingerprint density at radius 1 is 0.955 bits per heavy atom. The second-order valence-corrected chi connectivity index (χ2v) is 6.41. The van der Waals surface area contributed by atoms with Crippen LogP contribution in [-0.2, 0) is 0 Å². The molecular formula is C19H31N3. The van der Waals surface area contributed by atoms with Gasteiger partial charge in [-0.05, 0) is 30.0 Å². The number of hydrogen-bond acceptors (Lipinski definition) is 2. The van der Waals surface area contributed by atoms with Crippen LogP contribution in [0.5, 0.6) is 0 Å². The minimum absolute atomic E-state index is 0.773. The van der Waals surface area contributed by atoms with E-state index in [0.717, 1.165) is 30.4 Å². The second-order valence-electron chi connectivity index (χ2n) is 6.41. The molecule has 122 valence electrons. The van der Waals surface area contributed by atoms with Gasteiger partial charge in [-0.1, -0.05) is 53.4 Å². The first-order valence-corrected chi connectivity index (χ1v) is 8.89. The molecule has 2 aromatic rings. The molecular weight excluding hydrogens is 270 g/mol. The third-order valence-electron chi connectivity index (χ3n) is 5.06. The fourth-order valence-electron chi connectivity index (χ4n) is 3.13. The Balaban J connectivity index is 2.24. The molecule has 0 radical (unpaired) electrons. The first kappa shape index (κ1) is 16.9. The van der Waals surface area contributed by atoms with Crippen LogP contribution >= 0.6 is 0 Å². The van der Waals surface area contributed by atoms with Crippen molar-refractivity contribution < 1.29 is 0 Å². The quantitative estimate of drug-likeness (QED) is 0.686. The maximum absolute atomic E-state index is 4.14. The Bertz CT molecular complexity index is 539. The van der Waals surface area contributed by atoms with Crippen LogP contribution in [0.1, 0.15) is 53.4 Å². The molecule has 1 heterocycles. The van der Waals surface area contributed by atoms with Gasteiger partial charge in [-0.2, -0.15) is 5.10 Å². The molecule has 0 atom stereocenters. The van der Waals surface area contributed by atoms with Crippen molar-refractivity contribution in [3.8, 4) is 0 Å². The van der Waals surface area contributed by atoms with Crippen molar-refractivity contribution in [2.24, 2.45) is 11.8 Å². The summed E-state index contributed by atoms with van der Waals surface area (Å²) in [5.41, 5.74) is 2.46. The summed E-state index contributed by atoms with van der Waals surface area (Å²) in [4.78, 5) is 2.60. The molecule has 2 rings (SSSR count). The highest BCUT2D eigenvalue weighted by Gasteiger charge is 2.16. The van der Waals surface area contributed by atoms with Gasteiger partial charge >= 0.3 is 0 Å². The van der Waals surface area contributed by atoms with Gasteiger partial charge in [0.05, 0.1) is 11.7 Å². The van der Waals surface area contributed by atoms with Crippen LogP contribution in [-0.4, -0.2) is 23.3 Å². The van der Waals surface area contributed by atoms with E-state index in [1.807, 2.05) is 6.20 Å². The summed E-state index contributed by atoms with van der Waals surface area (Å²) in [7, 11) is 0. The zero-order chi connectivity index (χ0) is 15.9. The van der Waals surface area contributed by atoms with Gasteiger partial charge < -0.3 is 4.90 Å². The zero-order valence-electron chi connectivity index (χ0n) is 14.6. The Morgan fingerprint density at radius 2 is 1.55 bits per heavy atom. The average Bonchev–Trinajstić information content (AvgIpc) is 3.03. The highest BCUT2D eigenvalue weighted by atomic mass is 15.1. The molecule has 0 saturated carbocycles. The van der Waals surface area contributed by atoms with Gasteiger partial charge in [-0.15, -0.1) is 0 Å². The van der Waals surface area contributed by atoms with E-state index in [2.05, 4.69) is 61.0 Å². The first-order valence-electron chi connectivity index (χ1n) is 8.89. The summed E-state index contributed by atoms with van der Waals surface area (Å²) in [6.07, 6.45) is 6.94. The standard InChI is InChI=1S/C19H31N3/c1-5-15(6-2)13-22(14-16(7-3)8-4)18-9-10-19-17(11-18)12-20-21-19/h9-12,15-16H,5-8,13-14H2,1-4H3,(H,20,21). The average molecular weight is 301 g/mol. The molecule has 3 nitrogen and oxygen atoms in total. The van der Waals surface area contributed by atoms with Crippen LogP contribution in [0.4, 0.5) is 5.69 Å². The molecule has 0 fully saturated rings. The fraction of sp³-hybridized carbons (Fsp3) is 0.632. The van der Waals surface area contributed by atoms with Crippen molar-refractivity contribution in [3.63, 3.8) is 0 Å². The predicted molar refractivity (Wildman–Crippen MR) is 96.5 cm³/mol. The molecule has 1 aromatic heterocycles. The molecule has 3 heteroatoms. The van der Waals surface area contributed by atoms with E-state index in [1.54, 1.807) is 0 Å². The number of benzene rings is 1. The Morgan fingerprint density at radius 3 is 2.09 bits per heavy atom. The first-order chi connectivity index (χ1) is 10.7. The van der Waals surface area contributed by atoms with Crippen molar-refractivity contribution in [2.45, 2.75) is 53.4 Å². The van der Waals surface area contributed by atoms with Crippen LogP contribution in [0.3, 0.4) is 0 Å². The molecule has 1 aromatic carbocycles. The molecule has 0 aliphatic rings. The van der Waals surface area contributed by atoms with E-state index in [-0.39, 0.29) is 0 Å². The van der Waals surface area contributed by atoms with E-state index in [9.17, 15) is 0 Å². The predicted octanol–water partition coefficient (Wildman–Crippen LogP) is 5.24. The number of nitrogens with zero attached hydrogens (tertiary/aromatic N) is 2. The lowest BCUT2D eigenvalue weighted by Gasteiger charge is -2.32. The monoisotopic (exact) mass is 301 g/mol. The Kier molecular flexibility index (Phi) is 6.29. The highest BCUT2D eigenvalue weighted by molar-refractivity contribution is 5.82. The van der Waals surface area contributed by atoms with E-state index < -0.39 is 0 Å². The van der Waals surface area contributed by atoms with Crippen LogP contribution in [0.15, 0.2) is 24.4 Å². The molecule has 0 aliphatic carbocycles. The van der Waals surface area contributed by atoms with Gasteiger partial charge in [0, 0.05) is 24.2 Å². The van der Waals surface area contributed by atoms with E-state index in [0.29, 0.717) is 0 Å². The number of rotatable bonds is 9. The van der Waals surface area contributed by atoms with Gasteiger partial charge in [-0.3, -0.25) is 5.10 Å². The van der Waals surface area contributed by atoms with Gasteiger partial charge in [0.2, 0.25) is 0 Å². The van der Waals surface area contributed by atoms with Crippen LogP contribution < -0.4 is 4.90 Å². The summed E-state index contributed by atoms with van der Waals surface area (Å²) < 4.78 is 0. The molecule has 0 amide bonds. The fourth-order valence-corrected chi connectivity index (χ4v) is 3.13. The van der Waals surface area contributed by atoms with Crippen LogP contribution in [0, 0.1) is 11.8 Å². The minimum Gasteiger partial charge on any atom is -0.371 e. The largest absolute Gasteiger partial charge is 0.371 e. The lowest BCUT2D eigenvalue weighted by atomic mass is 9.99. The SMILES string of the molecule is CCC(CC)CN(CC(CC)CC)c1ccc2[nH]ncc2c1. The van der Waals surface area contributed by atoms with Gasteiger partial charge in [0.15, 0.2) is 0 Å². The molecule has 0 unspecified atom stereocenters. The minimum atomic E-state index is 0.773. The van der Waals surface area contributed by atoms with Crippen molar-refractivity contribution in [2.75, 3.05) is 18.0 Å². The number of nitrogens with one attached hydrogen (secondary N) is 1. The van der Waals surface area contributed by atoms with Gasteiger partial charge in [0.1, 0.15) is 0 Å². The highest BCUT2D eigenvalue weighted by Crippen LogP contribution is 2.25. The smallest absolute Gasteiger partial charge is 0.0651 e. The molecule has 0 spiro atoms. The van der Waals surface area contributed by atoms with Crippen molar-refractivity contribution >= 4 is 16.6 Å². The zero-order valence-corrected chi connectivity index (χ0v) is 14.6. The molecule has 0 saturated heterocycles. The van der Waals surface area contributed by atoms with E-state index in [4.69, 9.17) is 0 Å².